The second-order valence-electron chi connectivity index (χ2n) is 4.69. The molecule has 6 nitrogen and oxygen atoms in total. The van der Waals surface area contributed by atoms with Crippen LogP contribution in [0.2, 0.25) is 0 Å². The molecule has 0 radical (unpaired) electrons. The molecule has 1 aliphatic carbocycles. The van der Waals surface area contributed by atoms with Gasteiger partial charge in [-0.15, -0.1) is 0 Å². The summed E-state index contributed by atoms with van der Waals surface area (Å²) in [4.78, 5) is 32.6. The molecule has 1 saturated carbocycles. The van der Waals surface area contributed by atoms with Crippen LogP contribution in [0, 0.1) is 5.21 Å². The monoisotopic (exact) mass is 281 g/mol. The molecule has 1 fully saturated rings. The summed E-state index contributed by atoms with van der Waals surface area (Å²) in [5.41, 5.74) is 0. The molecule has 2 rings (SSSR count). The maximum Gasteiger partial charge on any atom is 0.346 e. The van der Waals surface area contributed by atoms with Crippen molar-refractivity contribution in [3.05, 3.63) is 30.0 Å². The molecule has 0 spiro atoms. The van der Waals surface area contributed by atoms with Gasteiger partial charge in [-0.25, -0.2) is 19.0 Å². The maximum absolute atomic E-state index is 12.1. The summed E-state index contributed by atoms with van der Waals surface area (Å²) < 4.78 is 2.89. The predicted molar refractivity (Wildman–Crippen MR) is 71.9 cm³/mol. The van der Waals surface area contributed by atoms with Gasteiger partial charge in [0.05, 0.1) is 19.3 Å². The highest BCUT2D eigenvalue weighted by Gasteiger charge is 2.44. The van der Waals surface area contributed by atoms with Crippen LogP contribution in [0.3, 0.4) is 0 Å². The van der Waals surface area contributed by atoms with Crippen molar-refractivity contribution in [3.8, 4) is 0 Å². The molecule has 20 heavy (non-hydrogen) atoms. The van der Waals surface area contributed by atoms with Crippen LogP contribution < -0.4 is 0 Å². The maximum atomic E-state index is 12.1. The Morgan fingerprint density at radius 2 is 1.80 bits per heavy atom. The largest absolute Gasteiger partial charge is 0.617 e. The van der Waals surface area contributed by atoms with E-state index >= 15 is 0 Å². The van der Waals surface area contributed by atoms with Gasteiger partial charge in [0.1, 0.15) is 6.04 Å². The minimum Gasteiger partial charge on any atom is -0.617 e. The predicted octanol–water partition coefficient (Wildman–Crippen LogP) is 1.60. The Morgan fingerprint density at radius 3 is 2.15 bits per heavy atom. The lowest BCUT2D eigenvalue weighted by atomic mass is 9.94. The fraction of sp³-hybridized carbons (Fsp3) is 0.500. The summed E-state index contributed by atoms with van der Waals surface area (Å²) in [6, 6.07) is -0.334. The molecule has 0 N–H and O–H groups in total. The number of nitrogens with zero attached hydrogens (tertiary/aromatic N) is 1. The van der Waals surface area contributed by atoms with Crippen LogP contribution in [-0.4, -0.2) is 35.6 Å². The Labute approximate surface area is 117 Å². The smallest absolute Gasteiger partial charge is 0.346 e. The van der Waals surface area contributed by atoms with Gasteiger partial charge in [-0.1, -0.05) is 13.0 Å². The van der Waals surface area contributed by atoms with E-state index in [-0.39, 0.29) is 6.04 Å². The van der Waals surface area contributed by atoms with Crippen molar-refractivity contribution >= 4 is 17.8 Å². The van der Waals surface area contributed by atoms with Gasteiger partial charge >= 0.3 is 17.8 Å². The first-order chi connectivity index (χ1) is 9.46. The fourth-order valence-electron chi connectivity index (χ4n) is 2.36. The Bertz CT molecular complexity index is 417. The lowest BCUT2D eigenvalue weighted by Crippen LogP contribution is -2.55. The molecule has 0 saturated heterocycles. The number of esters is 1. The molecule has 0 aromatic carbocycles. The number of rotatable bonds is 2. The number of amides is 2. The van der Waals surface area contributed by atoms with Crippen molar-refractivity contribution in [3.63, 3.8) is 0 Å². The number of methoxy groups -OCH3 is 1. The standard InChI is InChI=1S/C10H13NO3.C4H6O2/c12-9-6-7-10(13)11(9,14)8-4-2-1-3-5-8;1-3-4(5)6-2/h6-8H,1-5H2;3H,1H2,2H3. The molecule has 0 bridgehead atoms. The normalized spacial score (nSPS) is 21.1. The van der Waals surface area contributed by atoms with E-state index in [0.29, 0.717) is 12.8 Å². The van der Waals surface area contributed by atoms with Crippen molar-refractivity contribution < 1.29 is 23.8 Å². The first-order valence-electron chi connectivity index (χ1n) is 6.54. The number of ether oxygens (including phenoxy) is 1. The minimum absolute atomic E-state index is 0.334. The van der Waals surface area contributed by atoms with Gasteiger partial charge in [-0.3, -0.25) is 0 Å². The van der Waals surface area contributed by atoms with Gasteiger partial charge < -0.3 is 9.94 Å². The van der Waals surface area contributed by atoms with Gasteiger partial charge in [0.25, 0.3) is 0 Å². The van der Waals surface area contributed by atoms with Gasteiger partial charge in [0.15, 0.2) is 0 Å². The van der Waals surface area contributed by atoms with Crippen LogP contribution in [0.25, 0.3) is 0 Å². The first kappa shape index (κ1) is 16.3. The highest BCUT2D eigenvalue weighted by Crippen LogP contribution is 2.30. The van der Waals surface area contributed by atoms with Crippen molar-refractivity contribution in [2.45, 2.75) is 38.1 Å². The summed E-state index contributed by atoms with van der Waals surface area (Å²) in [6.07, 6.45) is 7.74. The van der Waals surface area contributed by atoms with E-state index in [1.807, 2.05) is 0 Å². The Hall–Kier alpha value is -1.79. The number of hydroxylamine groups is 3. The highest BCUT2D eigenvalue weighted by molar-refractivity contribution is 6.04. The first-order valence-corrected chi connectivity index (χ1v) is 6.54. The number of carbonyl (C=O) groups is 3. The van der Waals surface area contributed by atoms with E-state index < -0.39 is 22.4 Å². The van der Waals surface area contributed by atoms with E-state index in [9.17, 15) is 19.6 Å². The van der Waals surface area contributed by atoms with Gasteiger partial charge in [0, 0.05) is 18.9 Å². The van der Waals surface area contributed by atoms with E-state index in [4.69, 9.17) is 0 Å². The third-order valence-corrected chi connectivity index (χ3v) is 3.48. The Morgan fingerprint density at radius 1 is 1.30 bits per heavy atom. The van der Waals surface area contributed by atoms with Crippen LogP contribution in [0.15, 0.2) is 24.8 Å². The fourth-order valence-corrected chi connectivity index (χ4v) is 2.36. The Balaban J connectivity index is 0.000000286. The van der Waals surface area contributed by atoms with Gasteiger partial charge in [-0.05, 0) is 12.8 Å². The molecule has 110 valence electrons. The molecule has 6 heteroatoms. The lowest BCUT2D eigenvalue weighted by molar-refractivity contribution is -0.749. The van der Waals surface area contributed by atoms with Crippen molar-refractivity contribution in [1.82, 2.24) is 0 Å². The number of carbonyl (C=O) groups excluding carboxylic acids is 3. The summed E-state index contributed by atoms with van der Waals surface area (Å²) in [6.45, 7) is 3.16. The minimum atomic E-state index is -1.25. The van der Waals surface area contributed by atoms with Gasteiger partial charge in [0.2, 0.25) is 0 Å². The molecule has 0 aromatic heterocycles. The molecule has 0 atom stereocenters. The number of hydrogen-bond acceptors (Lipinski definition) is 5. The molecule has 2 amide bonds. The molecular formula is C14H19NO5. The summed E-state index contributed by atoms with van der Waals surface area (Å²) in [5.74, 6) is -1.58. The number of quaternary nitrogens is 1. The average molecular weight is 281 g/mol. The Kier molecular flexibility index (Phi) is 5.79. The number of imide groups is 1. The van der Waals surface area contributed by atoms with E-state index in [2.05, 4.69) is 11.3 Å². The van der Waals surface area contributed by atoms with Gasteiger partial charge in [-0.2, -0.15) is 0 Å². The van der Waals surface area contributed by atoms with Crippen molar-refractivity contribution in [1.29, 1.82) is 0 Å². The molecular weight excluding hydrogens is 262 g/mol. The zero-order valence-corrected chi connectivity index (χ0v) is 11.5. The second-order valence-corrected chi connectivity index (χ2v) is 4.69. The summed E-state index contributed by atoms with van der Waals surface area (Å²) in [5, 5.41) is 12.1. The van der Waals surface area contributed by atoms with Crippen LogP contribution in [0.1, 0.15) is 32.1 Å². The van der Waals surface area contributed by atoms with E-state index in [1.54, 1.807) is 0 Å². The molecule has 0 unspecified atom stereocenters. The molecule has 1 aliphatic heterocycles. The lowest BCUT2D eigenvalue weighted by Gasteiger charge is -2.41. The van der Waals surface area contributed by atoms with Crippen molar-refractivity contribution in [2.75, 3.05) is 7.11 Å². The molecule has 1 heterocycles. The number of hydrogen-bond donors (Lipinski definition) is 0. The third-order valence-electron chi connectivity index (χ3n) is 3.48. The van der Waals surface area contributed by atoms with Crippen LogP contribution in [0.4, 0.5) is 0 Å². The second kappa shape index (κ2) is 7.12. The average Bonchev–Trinajstić information content (AvgIpc) is 2.76. The quantitative estimate of drug-likeness (QED) is 0.252. The van der Waals surface area contributed by atoms with Crippen LogP contribution in [0.5, 0.6) is 0 Å². The zero-order chi connectivity index (χ0) is 15.2. The topological polar surface area (TPSA) is 83.5 Å². The van der Waals surface area contributed by atoms with E-state index in [0.717, 1.165) is 37.5 Å². The van der Waals surface area contributed by atoms with Crippen LogP contribution >= 0.6 is 0 Å². The van der Waals surface area contributed by atoms with E-state index in [1.165, 1.54) is 7.11 Å². The SMILES string of the molecule is C=CC(=O)OC.O=C1C=CC(=O)[N+]1([O-])C1CCCCC1. The highest BCUT2D eigenvalue weighted by atomic mass is 16.6. The molecule has 2 aliphatic rings. The van der Waals surface area contributed by atoms with Crippen molar-refractivity contribution in [2.24, 2.45) is 0 Å². The molecule has 0 aromatic rings. The van der Waals surface area contributed by atoms with Crippen LogP contribution in [-0.2, 0) is 19.1 Å². The zero-order valence-electron chi connectivity index (χ0n) is 11.5. The summed E-state index contributed by atoms with van der Waals surface area (Å²) in [7, 11) is 1.31. The third kappa shape index (κ3) is 3.40. The summed E-state index contributed by atoms with van der Waals surface area (Å²) >= 11 is 0.